The van der Waals surface area contributed by atoms with Gasteiger partial charge in [-0.25, -0.2) is 0 Å². The van der Waals surface area contributed by atoms with Crippen molar-refractivity contribution >= 4 is 11.9 Å². The smallest absolute Gasteiger partial charge is 0.308 e. The number of carbonyl (C=O) groups is 2. The van der Waals surface area contributed by atoms with Gasteiger partial charge >= 0.3 is 5.97 Å². The van der Waals surface area contributed by atoms with Crippen LogP contribution in [0.2, 0.25) is 0 Å². The lowest BCUT2D eigenvalue weighted by Crippen LogP contribution is -2.42. The summed E-state index contributed by atoms with van der Waals surface area (Å²) in [5.74, 6) is -1.39. The monoisotopic (exact) mass is 277 g/mol. The number of amides is 1. The van der Waals surface area contributed by atoms with E-state index in [0.717, 1.165) is 12.0 Å². The van der Waals surface area contributed by atoms with E-state index >= 15 is 0 Å². The van der Waals surface area contributed by atoms with E-state index < -0.39 is 11.9 Å². The van der Waals surface area contributed by atoms with Crippen molar-refractivity contribution in [2.24, 2.45) is 5.92 Å². The summed E-state index contributed by atoms with van der Waals surface area (Å²) in [4.78, 5) is 25.2. The number of aliphatic carboxylic acids is 1. The quantitative estimate of drug-likeness (QED) is 0.910. The van der Waals surface area contributed by atoms with Gasteiger partial charge in [0, 0.05) is 25.8 Å². The van der Waals surface area contributed by atoms with Crippen LogP contribution in [-0.2, 0) is 16.1 Å². The molecule has 1 N–H and O–H groups in total. The van der Waals surface area contributed by atoms with Crippen LogP contribution in [0.1, 0.15) is 28.8 Å². The molecule has 1 heterocycles. The number of ether oxygens (including phenoxy) is 1. The number of benzene rings is 1. The molecule has 20 heavy (non-hydrogen) atoms. The summed E-state index contributed by atoms with van der Waals surface area (Å²) in [6.45, 7) is 1.28. The third kappa shape index (κ3) is 3.17. The van der Waals surface area contributed by atoms with Crippen molar-refractivity contribution in [3.63, 3.8) is 0 Å². The lowest BCUT2D eigenvalue weighted by atomic mass is 9.97. The summed E-state index contributed by atoms with van der Waals surface area (Å²) < 4.78 is 5.10. The van der Waals surface area contributed by atoms with Gasteiger partial charge in [-0.1, -0.05) is 18.2 Å². The highest BCUT2D eigenvalue weighted by molar-refractivity contribution is 5.96. The highest BCUT2D eigenvalue weighted by Crippen LogP contribution is 2.20. The molecule has 0 spiro atoms. The highest BCUT2D eigenvalue weighted by Gasteiger charge is 2.29. The number of piperidine rings is 1. The number of carbonyl (C=O) groups excluding carboxylic acids is 1. The Hall–Kier alpha value is -1.88. The van der Waals surface area contributed by atoms with E-state index in [4.69, 9.17) is 9.84 Å². The average molecular weight is 277 g/mol. The van der Waals surface area contributed by atoms with Crippen LogP contribution < -0.4 is 0 Å². The molecule has 5 nitrogen and oxygen atoms in total. The molecule has 0 bridgehead atoms. The molecule has 5 heteroatoms. The van der Waals surface area contributed by atoms with Crippen LogP contribution in [0.5, 0.6) is 0 Å². The normalized spacial score (nSPS) is 18.9. The SMILES string of the molecule is COCc1ccccc1C(=O)N1CCCC(C(=O)O)C1. The zero-order chi connectivity index (χ0) is 14.5. The van der Waals surface area contributed by atoms with Crippen LogP contribution in [0.4, 0.5) is 0 Å². The highest BCUT2D eigenvalue weighted by atomic mass is 16.5. The molecule has 108 valence electrons. The number of hydrogen-bond acceptors (Lipinski definition) is 3. The van der Waals surface area contributed by atoms with Crippen molar-refractivity contribution in [2.75, 3.05) is 20.2 Å². The van der Waals surface area contributed by atoms with Gasteiger partial charge in [0.25, 0.3) is 5.91 Å². The third-order valence-corrected chi connectivity index (χ3v) is 3.61. The fourth-order valence-electron chi connectivity index (χ4n) is 2.54. The summed E-state index contributed by atoms with van der Waals surface area (Å²) in [6.07, 6.45) is 1.37. The molecule has 0 aromatic heterocycles. The Labute approximate surface area is 118 Å². The minimum Gasteiger partial charge on any atom is -0.481 e. The molecule has 1 amide bonds. The fraction of sp³-hybridized carbons (Fsp3) is 0.467. The Balaban J connectivity index is 2.16. The first-order chi connectivity index (χ1) is 9.63. The molecule has 1 aromatic carbocycles. The van der Waals surface area contributed by atoms with Crippen LogP contribution in [0.15, 0.2) is 24.3 Å². The van der Waals surface area contributed by atoms with E-state index in [0.29, 0.717) is 25.1 Å². The first-order valence-corrected chi connectivity index (χ1v) is 6.72. The van der Waals surface area contributed by atoms with E-state index in [2.05, 4.69) is 0 Å². The molecule has 0 saturated carbocycles. The molecule has 2 rings (SSSR count). The molecule has 0 aliphatic carbocycles. The Bertz CT molecular complexity index is 500. The van der Waals surface area contributed by atoms with E-state index in [1.54, 1.807) is 18.1 Å². The minimum atomic E-state index is -0.826. The lowest BCUT2D eigenvalue weighted by Gasteiger charge is -2.31. The molecule has 1 aromatic rings. The van der Waals surface area contributed by atoms with Crippen LogP contribution in [-0.4, -0.2) is 42.1 Å². The maximum absolute atomic E-state index is 12.5. The van der Waals surface area contributed by atoms with Gasteiger partial charge in [0.15, 0.2) is 0 Å². The second kappa shape index (κ2) is 6.52. The Morgan fingerprint density at radius 1 is 1.40 bits per heavy atom. The zero-order valence-corrected chi connectivity index (χ0v) is 11.5. The van der Waals surface area contributed by atoms with Gasteiger partial charge in [-0.2, -0.15) is 0 Å². The predicted molar refractivity (Wildman–Crippen MR) is 73.4 cm³/mol. The molecule has 1 fully saturated rings. The number of likely N-dealkylation sites (tertiary alicyclic amines) is 1. The molecule has 1 unspecified atom stereocenters. The number of nitrogens with zero attached hydrogens (tertiary/aromatic N) is 1. The van der Waals surface area contributed by atoms with Crippen molar-refractivity contribution in [1.29, 1.82) is 0 Å². The van der Waals surface area contributed by atoms with Gasteiger partial charge in [0.1, 0.15) is 0 Å². The fourth-order valence-corrected chi connectivity index (χ4v) is 2.54. The summed E-state index contributed by atoms with van der Waals surface area (Å²) in [6, 6.07) is 7.29. The van der Waals surface area contributed by atoms with Crippen molar-refractivity contribution in [3.05, 3.63) is 35.4 Å². The Kier molecular flexibility index (Phi) is 4.74. The molecule has 0 radical (unpaired) electrons. The number of hydrogen-bond donors (Lipinski definition) is 1. The number of carboxylic acid groups (broad SMARTS) is 1. The number of rotatable bonds is 4. The van der Waals surface area contributed by atoms with Crippen LogP contribution in [0, 0.1) is 5.92 Å². The van der Waals surface area contributed by atoms with E-state index in [1.165, 1.54) is 0 Å². The first-order valence-electron chi connectivity index (χ1n) is 6.72. The van der Waals surface area contributed by atoms with E-state index in [9.17, 15) is 9.59 Å². The predicted octanol–water partition coefficient (Wildman–Crippen LogP) is 1.77. The van der Waals surface area contributed by atoms with E-state index in [-0.39, 0.29) is 12.5 Å². The van der Waals surface area contributed by atoms with Crippen molar-refractivity contribution in [2.45, 2.75) is 19.4 Å². The van der Waals surface area contributed by atoms with Crippen molar-refractivity contribution < 1.29 is 19.4 Å². The topological polar surface area (TPSA) is 66.8 Å². The molecule has 1 aliphatic heterocycles. The minimum absolute atomic E-state index is 0.108. The maximum atomic E-state index is 12.5. The largest absolute Gasteiger partial charge is 0.481 e. The Morgan fingerprint density at radius 3 is 2.85 bits per heavy atom. The standard InChI is InChI=1S/C15H19NO4/c1-20-10-12-5-2-3-7-13(12)14(17)16-8-4-6-11(9-16)15(18)19/h2-3,5,7,11H,4,6,8-10H2,1H3,(H,18,19). The molecule has 1 atom stereocenters. The second-order valence-corrected chi connectivity index (χ2v) is 5.02. The summed E-state index contributed by atoms with van der Waals surface area (Å²) >= 11 is 0. The summed E-state index contributed by atoms with van der Waals surface area (Å²) in [5, 5.41) is 9.09. The van der Waals surface area contributed by atoms with E-state index in [1.807, 2.05) is 18.2 Å². The summed E-state index contributed by atoms with van der Waals surface area (Å²) in [7, 11) is 1.59. The van der Waals surface area contributed by atoms with Gasteiger partial charge in [-0.05, 0) is 24.5 Å². The molecule has 1 aliphatic rings. The van der Waals surface area contributed by atoms with Gasteiger partial charge < -0.3 is 14.7 Å². The number of carboxylic acids is 1. The summed E-state index contributed by atoms with van der Waals surface area (Å²) in [5.41, 5.74) is 1.43. The Morgan fingerprint density at radius 2 is 2.15 bits per heavy atom. The van der Waals surface area contributed by atoms with Gasteiger partial charge in [0.2, 0.25) is 0 Å². The van der Waals surface area contributed by atoms with Gasteiger partial charge in [0.05, 0.1) is 12.5 Å². The third-order valence-electron chi connectivity index (χ3n) is 3.61. The number of methoxy groups -OCH3 is 1. The zero-order valence-electron chi connectivity index (χ0n) is 11.5. The first kappa shape index (κ1) is 14.5. The van der Waals surface area contributed by atoms with Gasteiger partial charge in [-0.3, -0.25) is 9.59 Å². The van der Waals surface area contributed by atoms with Crippen molar-refractivity contribution in [1.82, 2.24) is 4.90 Å². The van der Waals surface area contributed by atoms with Gasteiger partial charge in [-0.15, -0.1) is 0 Å². The maximum Gasteiger partial charge on any atom is 0.308 e. The van der Waals surface area contributed by atoms with Crippen LogP contribution in [0.25, 0.3) is 0 Å². The molecular formula is C15H19NO4. The molecule has 1 saturated heterocycles. The second-order valence-electron chi connectivity index (χ2n) is 5.02. The van der Waals surface area contributed by atoms with Crippen LogP contribution in [0.3, 0.4) is 0 Å². The van der Waals surface area contributed by atoms with Crippen LogP contribution >= 0.6 is 0 Å². The lowest BCUT2D eigenvalue weighted by molar-refractivity contribution is -0.143. The van der Waals surface area contributed by atoms with Crippen molar-refractivity contribution in [3.8, 4) is 0 Å². The average Bonchev–Trinajstić information content (AvgIpc) is 2.47. The molecular weight excluding hydrogens is 258 g/mol.